The number of hydrogen-bond donors (Lipinski definition) is 1. The Bertz CT molecular complexity index is 1980. The minimum absolute atomic E-state index is 0.0144. The van der Waals surface area contributed by atoms with Gasteiger partial charge in [-0.3, -0.25) is 34.2 Å². The zero-order chi connectivity index (χ0) is 35.2. The summed E-state index contributed by atoms with van der Waals surface area (Å²) in [5.74, 6) is -7.88. The number of alkyl halides is 2. The van der Waals surface area contributed by atoms with Crippen molar-refractivity contribution in [3.8, 4) is 17.2 Å². The molecule has 6 atom stereocenters. The molecule has 7 rings (SSSR count). The molecule has 252 valence electrons. The lowest BCUT2D eigenvalue weighted by Gasteiger charge is -2.51. The lowest BCUT2D eigenvalue weighted by molar-refractivity contribution is -0.384. The number of phenols is 1. The van der Waals surface area contributed by atoms with Crippen LogP contribution >= 0.6 is 23.2 Å². The van der Waals surface area contributed by atoms with Gasteiger partial charge in [0.15, 0.2) is 9.75 Å². The second kappa shape index (κ2) is 11.3. The van der Waals surface area contributed by atoms with Crippen molar-refractivity contribution in [1.29, 1.82) is 0 Å². The van der Waals surface area contributed by atoms with E-state index in [0.29, 0.717) is 5.57 Å². The quantitative estimate of drug-likeness (QED) is 0.119. The molecule has 12 nitrogen and oxygen atoms in total. The summed E-state index contributed by atoms with van der Waals surface area (Å²) in [5, 5.41) is 21.7. The number of imide groups is 2. The number of methoxy groups -OCH3 is 2. The summed E-state index contributed by atoms with van der Waals surface area (Å²) in [6.07, 6.45) is 1.43. The highest BCUT2D eigenvalue weighted by atomic mass is 35.5. The van der Waals surface area contributed by atoms with Gasteiger partial charge in [-0.15, -0.1) is 23.2 Å². The molecule has 2 heterocycles. The van der Waals surface area contributed by atoms with Gasteiger partial charge in [-0.2, -0.15) is 0 Å². The van der Waals surface area contributed by atoms with Gasteiger partial charge in [0.2, 0.25) is 11.8 Å². The Labute approximate surface area is 287 Å². The number of nitro benzene ring substituents is 1. The van der Waals surface area contributed by atoms with Gasteiger partial charge in [-0.1, -0.05) is 11.6 Å². The number of allylic oxidation sites excluding steroid dienone is 2. The summed E-state index contributed by atoms with van der Waals surface area (Å²) in [6.45, 7) is 0. The van der Waals surface area contributed by atoms with Gasteiger partial charge in [0, 0.05) is 35.7 Å². The third kappa shape index (κ3) is 4.41. The van der Waals surface area contributed by atoms with Crippen molar-refractivity contribution in [3.05, 3.63) is 93.8 Å². The highest BCUT2D eigenvalue weighted by Crippen LogP contribution is 2.67. The Morgan fingerprint density at radius 3 is 2.02 bits per heavy atom. The predicted molar refractivity (Wildman–Crippen MR) is 173 cm³/mol. The van der Waals surface area contributed by atoms with Crippen LogP contribution in [0.25, 0.3) is 0 Å². The Balaban J connectivity index is 1.42. The van der Waals surface area contributed by atoms with Crippen LogP contribution in [0.2, 0.25) is 0 Å². The average Bonchev–Trinajstić information content (AvgIpc) is 3.42. The van der Waals surface area contributed by atoms with Crippen LogP contribution in [0.5, 0.6) is 17.2 Å². The fourth-order valence-corrected chi connectivity index (χ4v) is 8.82. The van der Waals surface area contributed by atoms with Crippen molar-refractivity contribution in [3.63, 3.8) is 0 Å². The number of nitrogens with zero attached hydrogens (tertiary/aromatic N) is 3. The molecule has 1 N–H and O–H groups in total. The van der Waals surface area contributed by atoms with Gasteiger partial charge in [0.05, 0.1) is 42.4 Å². The van der Waals surface area contributed by atoms with E-state index in [0.717, 1.165) is 21.9 Å². The summed E-state index contributed by atoms with van der Waals surface area (Å²) in [4.78, 5) is 65.1. The highest BCUT2D eigenvalue weighted by Gasteiger charge is 2.77. The van der Waals surface area contributed by atoms with E-state index in [1.807, 2.05) is 0 Å². The largest absolute Gasteiger partial charge is 0.508 e. The number of benzene rings is 3. The second-order valence-corrected chi connectivity index (χ2v) is 13.5. The number of amides is 4. The van der Waals surface area contributed by atoms with Crippen LogP contribution in [-0.2, 0) is 19.2 Å². The van der Waals surface area contributed by atoms with Gasteiger partial charge in [0.25, 0.3) is 17.5 Å². The molecule has 0 bridgehead atoms. The van der Waals surface area contributed by atoms with Crippen molar-refractivity contribution in [2.75, 3.05) is 24.0 Å². The molecule has 3 aromatic rings. The molecule has 2 aliphatic heterocycles. The molecule has 0 aromatic heterocycles. The standard InChI is InChI=1S/C34H26Cl2FN3O9/c1-48-24-13-20(41)14-25(49-2)27(24)28-21-11-12-22-26(30(43)38(29(22)42)17-7-9-19(10-8-17)40(46)47)23(21)15-33(35)31(44)39(32(45)34(28,33)36)18-5-3-16(37)4-6-18/h3-11,13-14,22-23,26,28,41H,12,15H2,1-2H3. The SMILES string of the molecule is COc1cc(O)cc(OC)c1C1C2=CCC3C(=O)N(c4ccc([N+](=O)[O-])cc4)C(=O)C3C2CC2(Cl)C(=O)N(c3ccc(F)cc3)C(=O)C12Cl. The Morgan fingerprint density at radius 1 is 0.878 bits per heavy atom. The fraction of sp³-hybridized carbons (Fsp3) is 0.294. The van der Waals surface area contributed by atoms with Crippen LogP contribution in [0, 0.1) is 33.7 Å². The first kappa shape index (κ1) is 32.5. The Hall–Kier alpha value is -5.01. The number of halogens is 3. The van der Waals surface area contributed by atoms with Crippen LogP contribution in [0.3, 0.4) is 0 Å². The first-order valence-electron chi connectivity index (χ1n) is 15.1. The highest BCUT2D eigenvalue weighted by molar-refractivity contribution is 6.58. The summed E-state index contributed by atoms with van der Waals surface area (Å²) >= 11 is 14.8. The maximum atomic E-state index is 14.6. The number of ether oxygens (including phenoxy) is 2. The van der Waals surface area contributed by atoms with E-state index in [-0.39, 0.29) is 52.7 Å². The summed E-state index contributed by atoms with van der Waals surface area (Å²) in [7, 11) is 2.65. The molecule has 3 aromatic carbocycles. The number of aromatic hydroxyl groups is 1. The van der Waals surface area contributed by atoms with Crippen LogP contribution in [0.4, 0.5) is 21.5 Å². The molecule has 2 aliphatic carbocycles. The number of carbonyl (C=O) groups is 4. The number of anilines is 2. The number of fused-ring (bicyclic) bond motifs is 4. The molecule has 4 aliphatic rings. The van der Waals surface area contributed by atoms with Crippen LogP contribution in [-0.4, -0.2) is 57.6 Å². The van der Waals surface area contributed by atoms with E-state index in [1.54, 1.807) is 6.08 Å². The molecular weight excluding hydrogens is 684 g/mol. The van der Waals surface area contributed by atoms with Crippen LogP contribution in [0.15, 0.2) is 72.3 Å². The second-order valence-electron chi connectivity index (χ2n) is 12.3. The molecule has 0 radical (unpaired) electrons. The first-order chi connectivity index (χ1) is 23.3. The third-order valence-electron chi connectivity index (χ3n) is 10.0. The van der Waals surface area contributed by atoms with Gasteiger partial charge >= 0.3 is 0 Å². The average molecular weight is 710 g/mol. The Kier molecular flexibility index (Phi) is 7.49. The van der Waals surface area contributed by atoms with E-state index >= 15 is 0 Å². The molecule has 1 saturated carbocycles. The summed E-state index contributed by atoms with van der Waals surface area (Å²) in [6, 6.07) is 12.2. The van der Waals surface area contributed by atoms with Gasteiger partial charge < -0.3 is 14.6 Å². The lowest BCUT2D eigenvalue weighted by atomic mass is 9.56. The smallest absolute Gasteiger partial charge is 0.269 e. The Morgan fingerprint density at radius 2 is 1.45 bits per heavy atom. The van der Waals surface area contributed by atoms with Gasteiger partial charge in [0.1, 0.15) is 23.1 Å². The van der Waals surface area contributed by atoms with Crippen LogP contribution < -0.4 is 19.3 Å². The fourth-order valence-electron chi connectivity index (χ4n) is 7.90. The van der Waals surface area contributed by atoms with Gasteiger partial charge in [-0.25, -0.2) is 9.29 Å². The number of non-ortho nitro benzene ring substituents is 1. The zero-order valence-electron chi connectivity index (χ0n) is 25.8. The topological polar surface area (TPSA) is 157 Å². The van der Waals surface area contributed by atoms with E-state index in [4.69, 9.17) is 32.7 Å². The number of nitro groups is 1. The molecule has 6 unspecified atom stereocenters. The van der Waals surface area contributed by atoms with Crippen molar-refractivity contribution < 1.29 is 43.1 Å². The van der Waals surface area contributed by atoms with Crippen molar-refractivity contribution >= 4 is 63.9 Å². The van der Waals surface area contributed by atoms with E-state index in [9.17, 15) is 38.8 Å². The van der Waals surface area contributed by atoms with Crippen LogP contribution in [0.1, 0.15) is 24.3 Å². The normalized spacial score (nSPS) is 29.0. The van der Waals surface area contributed by atoms with Crippen molar-refractivity contribution in [2.45, 2.75) is 28.5 Å². The first-order valence-corrected chi connectivity index (χ1v) is 15.8. The number of phenolic OH excluding ortho intramolecular Hbond substituents is 1. The molecular formula is C34H26Cl2FN3O9. The zero-order valence-corrected chi connectivity index (χ0v) is 27.3. The van der Waals surface area contributed by atoms with Gasteiger partial charge in [-0.05, 0) is 55.2 Å². The molecule has 2 saturated heterocycles. The molecule has 0 spiro atoms. The monoisotopic (exact) mass is 709 g/mol. The molecule has 49 heavy (non-hydrogen) atoms. The number of rotatable bonds is 6. The minimum atomic E-state index is -2.27. The molecule has 4 amide bonds. The maximum absolute atomic E-state index is 14.6. The van der Waals surface area contributed by atoms with E-state index in [2.05, 4.69) is 0 Å². The van der Waals surface area contributed by atoms with Crippen molar-refractivity contribution in [1.82, 2.24) is 0 Å². The molecule has 3 fully saturated rings. The van der Waals surface area contributed by atoms with Crippen molar-refractivity contribution in [2.24, 2.45) is 17.8 Å². The minimum Gasteiger partial charge on any atom is -0.508 e. The molecule has 15 heteroatoms. The van der Waals surface area contributed by atoms with E-state index < -0.39 is 67.8 Å². The lowest BCUT2D eigenvalue weighted by Crippen LogP contribution is -2.60. The maximum Gasteiger partial charge on any atom is 0.269 e. The summed E-state index contributed by atoms with van der Waals surface area (Å²) in [5.41, 5.74) is 0.522. The summed E-state index contributed by atoms with van der Waals surface area (Å²) < 4.78 is 25.2. The number of hydrogen-bond acceptors (Lipinski definition) is 9. The third-order valence-corrected chi connectivity index (χ3v) is 11.4. The number of carbonyl (C=O) groups excluding carboxylic acids is 4. The predicted octanol–water partition coefficient (Wildman–Crippen LogP) is 5.22. The van der Waals surface area contributed by atoms with E-state index in [1.165, 1.54) is 62.8 Å².